The first-order chi connectivity index (χ1) is 21.9. The molecule has 0 spiro atoms. The zero-order chi connectivity index (χ0) is 31.9. The molecule has 0 saturated heterocycles. The van der Waals surface area contributed by atoms with Crippen LogP contribution < -0.4 is 28.4 Å². The molecule has 0 amide bonds. The van der Waals surface area contributed by atoms with Crippen LogP contribution in [0.25, 0.3) is 0 Å². The van der Waals surface area contributed by atoms with Gasteiger partial charge in [0.2, 0.25) is 0 Å². The summed E-state index contributed by atoms with van der Waals surface area (Å²) < 4.78 is 24.6. The van der Waals surface area contributed by atoms with Gasteiger partial charge in [-0.05, 0) is 79.2 Å². The Morgan fingerprint density at radius 1 is 0.578 bits per heavy atom. The van der Waals surface area contributed by atoms with Crippen LogP contribution in [0.1, 0.15) is 66.2 Å². The van der Waals surface area contributed by atoms with E-state index in [1.54, 1.807) is 72.8 Å². The van der Waals surface area contributed by atoms with Crippen LogP contribution in [-0.4, -0.2) is 39.2 Å². The minimum atomic E-state index is -0.498. The Balaban J connectivity index is 1.17. The Hall–Kier alpha value is -4.85. The molecule has 1 heterocycles. The van der Waals surface area contributed by atoms with Crippen LogP contribution in [0.4, 0.5) is 5.69 Å². The average Bonchev–Trinajstić information content (AvgIpc) is 3.06. The van der Waals surface area contributed by atoms with Crippen LogP contribution >= 0.6 is 0 Å². The summed E-state index contributed by atoms with van der Waals surface area (Å²) in [4.78, 5) is 27.3. The van der Waals surface area contributed by atoms with Gasteiger partial charge in [0, 0.05) is 31.9 Å². The van der Waals surface area contributed by atoms with E-state index in [1.165, 1.54) is 32.1 Å². The second-order valence-electron chi connectivity index (χ2n) is 11.0. The molecule has 0 aliphatic rings. The molecule has 0 unspecified atom stereocenters. The summed E-state index contributed by atoms with van der Waals surface area (Å²) in [5, 5.41) is 0. The van der Waals surface area contributed by atoms with E-state index >= 15 is 0 Å². The smallest absolute Gasteiger partial charge is 0.343 e. The van der Waals surface area contributed by atoms with E-state index in [1.807, 2.05) is 38.6 Å². The van der Waals surface area contributed by atoms with E-state index in [2.05, 4.69) is 16.4 Å². The molecule has 0 radical (unpaired) electrons. The molecule has 45 heavy (non-hydrogen) atoms. The molecule has 0 N–H and O–H groups in total. The molecule has 8 heteroatoms. The van der Waals surface area contributed by atoms with Crippen molar-refractivity contribution in [2.75, 3.05) is 32.2 Å². The highest BCUT2D eigenvalue weighted by Crippen LogP contribution is 2.21. The SMILES string of the molecule is CCCCCCCCOc1ccc(C(=O)Oc2ccc(OC(=O)c3ccc(OCC[n+]4ccc(N(C)C)cc4)cc3)cc2)cc1. The Labute approximate surface area is 266 Å². The van der Waals surface area contributed by atoms with Crippen LogP contribution in [0, 0.1) is 0 Å². The topological polar surface area (TPSA) is 78.2 Å². The number of aromatic nitrogens is 1. The highest BCUT2D eigenvalue weighted by atomic mass is 16.5. The van der Waals surface area contributed by atoms with E-state index < -0.39 is 11.9 Å². The van der Waals surface area contributed by atoms with E-state index in [9.17, 15) is 9.59 Å². The lowest BCUT2D eigenvalue weighted by Crippen LogP contribution is -2.35. The summed E-state index contributed by atoms with van der Waals surface area (Å²) in [6, 6.07) is 24.2. The molecule has 1 aromatic heterocycles. The summed E-state index contributed by atoms with van der Waals surface area (Å²) in [5.41, 5.74) is 1.95. The van der Waals surface area contributed by atoms with Crippen molar-refractivity contribution < 1.29 is 33.1 Å². The van der Waals surface area contributed by atoms with Gasteiger partial charge in [-0.25, -0.2) is 14.2 Å². The summed E-state index contributed by atoms with van der Waals surface area (Å²) in [6.07, 6.45) is 11.3. The molecule has 0 atom stereocenters. The molecule has 0 aliphatic heterocycles. The molecule has 0 saturated carbocycles. The number of nitrogens with zero attached hydrogens (tertiary/aromatic N) is 2. The number of hydrogen-bond donors (Lipinski definition) is 0. The van der Waals surface area contributed by atoms with Crippen LogP contribution in [-0.2, 0) is 6.54 Å². The van der Waals surface area contributed by atoms with Gasteiger partial charge in [0.15, 0.2) is 18.9 Å². The van der Waals surface area contributed by atoms with Gasteiger partial charge >= 0.3 is 11.9 Å². The maximum atomic E-state index is 12.6. The van der Waals surface area contributed by atoms with Gasteiger partial charge in [-0.1, -0.05) is 39.0 Å². The third-order valence-corrected chi connectivity index (χ3v) is 7.20. The maximum absolute atomic E-state index is 12.6. The first-order valence-corrected chi connectivity index (χ1v) is 15.6. The number of anilines is 1. The van der Waals surface area contributed by atoms with Crippen molar-refractivity contribution in [3.05, 3.63) is 108 Å². The zero-order valence-corrected chi connectivity index (χ0v) is 26.4. The van der Waals surface area contributed by atoms with Crippen molar-refractivity contribution in [2.24, 2.45) is 0 Å². The lowest BCUT2D eigenvalue weighted by molar-refractivity contribution is -0.697. The van der Waals surface area contributed by atoms with Crippen LogP contribution in [0.5, 0.6) is 23.0 Å². The molecule has 4 rings (SSSR count). The molecule has 3 aromatic carbocycles. The fourth-order valence-corrected chi connectivity index (χ4v) is 4.52. The number of carbonyl (C=O) groups excluding carboxylic acids is 2. The Bertz CT molecular complexity index is 1470. The number of ether oxygens (including phenoxy) is 4. The predicted octanol–water partition coefficient (Wildman–Crippen LogP) is 7.30. The molecule has 0 aliphatic carbocycles. The number of pyridine rings is 1. The number of carbonyl (C=O) groups is 2. The zero-order valence-electron chi connectivity index (χ0n) is 26.4. The van der Waals surface area contributed by atoms with Crippen LogP contribution in [0.3, 0.4) is 0 Å². The second-order valence-corrected chi connectivity index (χ2v) is 11.0. The van der Waals surface area contributed by atoms with Crippen molar-refractivity contribution in [3.63, 3.8) is 0 Å². The average molecular weight is 612 g/mol. The van der Waals surface area contributed by atoms with Gasteiger partial charge in [-0.2, -0.15) is 0 Å². The lowest BCUT2D eigenvalue weighted by Gasteiger charge is -2.10. The highest BCUT2D eigenvalue weighted by Gasteiger charge is 2.12. The van der Waals surface area contributed by atoms with E-state index in [0.29, 0.717) is 48.1 Å². The second kappa shape index (κ2) is 17.4. The molecule has 0 bridgehead atoms. The minimum absolute atomic E-state index is 0.337. The predicted molar refractivity (Wildman–Crippen MR) is 175 cm³/mol. The number of hydrogen-bond acceptors (Lipinski definition) is 7. The monoisotopic (exact) mass is 611 g/mol. The van der Waals surface area contributed by atoms with Crippen molar-refractivity contribution in [3.8, 4) is 23.0 Å². The Morgan fingerprint density at radius 3 is 1.51 bits per heavy atom. The molecule has 236 valence electrons. The van der Waals surface area contributed by atoms with E-state index in [0.717, 1.165) is 17.9 Å². The molecular formula is C37H43N2O6+. The normalized spacial score (nSPS) is 10.6. The third kappa shape index (κ3) is 11.0. The number of unbranched alkanes of at least 4 members (excludes halogenated alkanes) is 5. The maximum Gasteiger partial charge on any atom is 0.343 e. The van der Waals surface area contributed by atoms with Gasteiger partial charge in [0.05, 0.1) is 17.7 Å². The van der Waals surface area contributed by atoms with Crippen molar-refractivity contribution in [1.29, 1.82) is 0 Å². The van der Waals surface area contributed by atoms with Crippen LogP contribution in [0.2, 0.25) is 0 Å². The molecule has 0 fully saturated rings. The first kappa shape index (κ1) is 33.1. The number of rotatable bonds is 17. The molecule has 4 aromatic rings. The van der Waals surface area contributed by atoms with E-state index in [4.69, 9.17) is 18.9 Å². The summed E-state index contributed by atoms with van der Waals surface area (Å²) in [5.74, 6) is 1.10. The van der Waals surface area contributed by atoms with Gasteiger partial charge < -0.3 is 23.8 Å². The largest absolute Gasteiger partial charge is 0.494 e. The third-order valence-electron chi connectivity index (χ3n) is 7.20. The van der Waals surface area contributed by atoms with Crippen molar-refractivity contribution >= 4 is 17.6 Å². The standard InChI is InChI=1S/C37H43N2O6/c1-4-5-6-7-8-9-27-42-32-14-10-29(11-15-32)36(40)44-34-18-20-35(21-19-34)45-37(41)30-12-16-33(17-13-30)43-28-26-39-24-22-31(23-25-39)38(2)3/h10-25H,4-9,26-28H2,1-3H3/q+1. The minimum Gasteiger partial charge on any atom is -0.494 e. The Morgan fingerprint density at radius 2 is 1.02 bits per heavy atom. The van der Waals surface area contributed by atoms with Crippen molar-refractivity contribution in [1.82, 2.24) is 0 Å². The highest BCUT2D eigenvalue weighted by molar-refractivity contribution is 5.92. The van der Waals surface area contributed by atoms with Crippen LogP contribution in [0.15, 0.2) is 97.3 Å². The van der Waals surface area contributed by atoms with Gasteiger partial charge in [-0.15, -0.1) is 0 Å². The van der Waals surface area contributed by atoms with Gasteiger partial charge in [0.25, 0.3) is 0 Å². The molecule has 8 nitrogen and oxygen atoms in total. The fourth-order valence-electron chi connectivity index (χ4n) is 4.52. The summed E-state index contributed by atoms with van der Waals surface area (Å²) >= 11 is 0. The van der Waals surface area contributed by atoms with Crippen molar-refractivity contribution in [2.45, 2.75) is 52.0 Å². The van der Waals surface area contributed by atoms with E-state index in [-0.39, 0.29) is 0 Å². The van der Waals surface area contributed by atoms with Gasteiger partial charge in [-0.3, -0.25) is 0 Å². The first-order valence-electron chi connectivity index (χ1n) is 15.6. The molecular weight excluding hydrogens is 568 g/mol. The van der Waals surface area contributed by atoms with Gasteiger partial charge in [0.1, 0.15) is 29.6 Å². The Kier molecular flexibility index (Phi) is 12.8. The number of benzene rings is 3. The summed E-state index contributed by atoms with van der Waals surface area (Å²) in [7, 11) is 4.01. The quantitative estimate of drug-likeness (QED) is 0.0537. The lowest BCUT2D eigenvalue weighted by atomic mass is 10.1. The summed E-state index contributed by atoms with van der Waals surface area (Å²) in [6.45, 7) is 4.07. The number of esters is 2. The fraction of sp³-hybridized carbons (Fsp3) is 0.324.